The molecule has 0 unspecified atom stereocenters. The number of hydrogen-bond acceptors (Lipinski definition) is 1. The van der Waals surface area contributed by atoms with Gasteiger partial charge in [0.25, 0.3) is 0 Å². The Bertz CT molecular complexity index is 153. The van der Waals surface area contributed by atoms with Gasteiger partial charge in [0, 0.05) is 5.54 Å². The molecule has 0 aromatic rings. The number of urea groups is 1. The number of amides is 2. The third-order valence-corrected chi connectivity index (χ3v) is 1.81. The van der Waals surface area contributed by atoms with E-state index in [0.29, 0.717) is 5.92 Å². The van der Waals surface area contributed by atoms with E-state index in [4.69, 9.17) is 5.73 Å². The molecule has 0 aliphatic carbocycles. The van der Waals surface area contributed by atoms with Crippen LogP contribution in [0.4, 0.5) is 4.79 Å². The second-order valence-electron chi connectivity index (χ2n) is 4.31. The highest BCUT2D eigenvalue weighted by atomic mass is 16.2. The lowest BCUT2D eigenvalue weighted by molar-refractivity contribution is 0.234. The summed E-state index contributed by atoms with van der Waals surface area (Å²) in [6, 6.07) is -0.441. The fourth-order valence-electron chi connectivity index (χ4n) is 1.05. The molecule has 72 valence electrons. The van der Waals surface area contributed by atoms with Crippen molar-refractivity contribution in [3.8, 4) is 0 Å². The molecule has 0 aromatic heterocycles. The molecule has 3 heteroatoms. The van der Waals surface area contributed by atoms with Crippen LogP contribution in [0.25, 0.3) is 0 Å². The maximum atomic E-state index is 10.6. The van der Waals surface area contributed by atoms with E-state index in [9.17, 15) is 4.79 Å². The lowest BCUT2D eigenvalue weighted by atomic mass is 9.94. The van der Waals surface area contributed by atoms with Gasteiger partial charge in [-0.05, 0) is 32.6 Å². The maximum Gasteiger partial charge on any atom is 0.312 e. The van der Waals surface area contributed by atoms with Crippen LogP contribution in [0.15, 0.2) is 0 Å². The van der Waals surface area contributed by atoms with Crippen LogP contribution >= 0.6 is 0 Å². The Balaban J connectivity index is 3.78. The van der Waals surface area contributed by atoms with E-state index >= 15 is 0 Å². The molecule has 0 radical (unpaired) electrons. The Kier molecular flexibility index (Phi) is 4.07. The highest BCUT2D eigenvalue weighted by Gasteiger charge is 2.18. The fraction of sp³-hybridized carbons (Fsp3) is 0.889. The molecule has 0 spiro atoms. The molecular weight excluding hydrogens is 152 g/mol. The van der Waals surface area contributed by atoms with Gasteiger partial charge >= 0.3 is 6.03 Å². The van der Waals surface area contributed by atoms with Crippen molar-refractivity contribution >= 4 is 6.03 Å². The van der Waals surface area contributed by atoms with Gasteiger partial charge in [-0.15, -0.1) is 0 Å². The minimum atomic E-state index is -0.441. The average Bonchev–Trinajstić information content (AvgIpc) is 1.81. The summed E-state index contributed by atoms with van der Waals surface area (Å²) < 4.78 is 0. The summed E-state index contributed by atoms with van der Waals surface area (Å²) in [5, 5.41) is 2.71. The van der Waals surface area contributed by atoms with Gasteiger partial charge < -0.3 is 11.1 Å². The second kappa shape index (κ2) is 4.33. The van der Waals surface area contributed by atoms with Crippen molar-refractivity contribution in [1.29, 1.82) is 0 Å². The molecule has 3 N–H and O–H groups in total. The van der Waals surface area contributed by atoms with Crippen molar-refractivity contribution in [3.05, 3.63) is 0 Å². The van der Waals surface area contributed by atoms with E-state index in [1.165, 1.54) is 0 Å². The zero-order valence-corrected chi connectivity index (χ0v) is 8.48. The maximum absolute atomic E-state index is 10.6. The first-order valence-electron chi connectivity index (χ1n) is 4.41. The Labute approximate surface area is 74.7 Å². The Morgan fingerprint density at radius 2 is 2.00 bits per heavy atom. The van der Waals surface area contributed by atoms with Gasteiger partial charge in [0.05, 0.1) is 0 Å². The summed E-state index contributed by atoms with van der Waals surface area (Å²) in [7, 11) is 0. The summed E-state index contributed by atoms with van der Waals surface area (Å²) in [4.78, 5) is 10.6. The first kappa shape index (κ1) is 11.3. The van der Waals surface area contributed by atoms with Crippen LogP contribution < -0.4 is 11.1 Å². The second-order valence-corrected chi connectivity index (χ2v) is 4.31. The molecule has 0 rings (SSSR count). The van der Waals surface area contributed by atoms with Crippen molar-refractivity contribution in [2.24, 2.45) is 11.7 Å². The molecule has 0 saturated heterocycles. The zero-order chi connectivity index (χ0) is 9.78. The van der Waals surface area contributed by atoms with Crippen molar-refractivity contribution < 1.29 is 4.79 Å². The minimum absolute atomic E-state index is 0.171. The highest BCUT2D eigenvalue weighted by Crippen LogP contribution is 2.15. The zero-order valence-electron chi connectivity index (χ0n) is 8.48. The summed E-state index contributed by atoms with van der Waals surface area (Å²) in [6.45, 7) is 8.31. The molecule has 0 heterocycles. The third-order valence-electron chi connectivity index (χ3n) is 1.81. The molecule has 0 aliphatic heterocycles. The Hall–Kier alpha value is -0.730. The van der Waals surface area contributed by atoms with Crippen LogP contribution in [0.1, 0.15) is 40.5 Å². The first-order valence-corrected chi connectivity index (χ1v) is 4.41. The van der Waals surface area contributed by atoms with Gasteiger partial charge in [0.2, 0.25) is 0 Å². The minimum Gasteiger partial charge on any atom is -0.352 e. The largest absolute Gasteiger partial charge is 0.352 e. The van der Waals surface area contributed by atoms with E-state index in [2.05, 4.69) is 19.2 Å². The van der Waals surface area contributed by atoms with Crippen LogP contribution in [0, 0.1) is 5.92 Å². The lowest BCUT2D eigenvalue weighted by Crippen LogP contribution is -2.46. The molecule has 0 atom stereocenters. The first-order chi connectivity index (χ1) is 5.33. The van der Waals surface area contributed by atoms with Crippen molar-refractivity contribution in [3.63, 3.8) is 0 Å². The Morgan fingerprint density at radius 3 is 2.33 bits per heavy atom. The predicted molar refractivity (Wildman–Crippen MR) is 50.9 cm³/mol. The van der Waals surface area contributed by atoms with Crippen LogP contribution in [-0.4, -0.2) is 11.6 Å². The summed E-state index contributed by atoms with van der Waals surface area (Å²) >= 11 is 0. The van der Waals surface area contributed by atoms with E-state index in [-0.39, 0.29) is 5.54 Å². The van der Waals surface area contributed by atoms with Crippen LogP contribution in [0.2, 0.25) is 0 Å². The molecule has 12 heavy (non-hydrogen) atoms. The predicted octanol–water partition coefficient (Wildman–Crippen LogP) is 1.87. The molecule has 3 nitrogen and oxygen atoms in total. The number of hydrogen-bond donors (Lipinski definition) is 2. The van der Waals surface area contributed by atoms with Gasteiger partial charge in [-0.3, -0.25) is 0 Å². The standard InChI is InChI=1S/C9H20N2O/c1-7(2)5-6-9(3,4)11-8(10)12/h7H,5-6H2,1-4H3,(H3,10,11,12). The van der Waals surface area contributed by atoms with Gasteiger partial charge in [-0.1, -0.05) is 13.8 Å². The number of nitrogens with one attached hydrogen (secondary N) is 1. The number of carbonyl (C=O) groups is 1. The third kappa shape index (κ3) is 6.01. The van der Waals surface area contributed by atoms with Crippen molar-refractivity contribution in [2.75, 3.05) is 0 Å². The fourth-order valence-corrected chi connectivity index (χ4v) is 1.05. The van der Waals surface area contributed by atoms with E-state index in [1.54, 1.807) is 0 Å². The summed E-state index contributed by atoms with van der Waals surface area (Å²) in [5.74, 6) is 0.666. The summed E-state index contributed by atoms with van der Waals surface area (Å²) in [5.41, 5.74) is 4.86. The average molecular weight is 172 g/mol. The number of primary amides is 1. The van der Waals surface area contributed by atoms with Crippen LogP contribution in [0.3, 0.4) is 0 Å². The SMILES string of the molecule is CC(C)CCC(C)(C)NC(N)=O. The van der Waals surface area contributed by atoms with Crippen LogP contribution in [0.5, 0.6) is 0 Å². The van der Waals surface area contributed by atoms with Gasteiger partial charge in [-0.25, -0.2) is 4.79 Å². The monoisotopic (exact) mass is 172 g/mol. The molecule has 0 fully saturated rings. The van der Waals surface area contributed by atoms with E-state index in [1.807, 2.05) is 13.8 Å². The van der Waals surface area contributed by atoms with Crippen molar-refractivity contribution in [1.82, 2.24) is 5.32 Å². The Morgan fingerprint density at radius 1 is 1.50 bits per heavy atom. The van der Waals surface area contributed by atoms with E-state index in [0.717, 1.165) is 12.8 Å². The lowest BCUT2D eigenvalue weighted by Gasteiger charge is -2.25. The molecular formula is C9H20N2O. The molecule has 0 saturated carbocycles. The summed E-state index contributed by atoms with van der Waals surface area (Å²) in [6.07, 6.45) is 2.07. The number of carbonyl (C=O) groups excluding carboxylic acids is 1. The highest BCUT2D eigenvalue weighted by molar-refractivity contribution is 5.72. The number of rotatable bonds is 4. The molecule has 2 amide bonds. The van der Waals surface area contributed by atoms with E-state index < -0.39 is 6.03 Å². The molecule has 0 aliphatic rings. The van der Waals surface area contributed by atoms with Gasteiger partial charge in [0.15, 0.2) is 0 Å². The topological polar surface area (TPSA) is 55.1 Å². The van der Waals surface area contributed by atoms with Crippen LogP contribution in [-0.2, 0) is 0 Å². The quantitative estimate of drug-likeness (QED) is 0.668. The molecule has 0 bridgehead atoms. The van der Waals surface area contributed by atoms with Gasteiger partial charge in [0.1, 0.15) is 0 Å². The smallest absolute Gasteiger partial charge is 0.312 e. The van der Waals surface area contributed by atoms with Gasteiger partial charge in [-0.2, -0.15) is 0 Å². The normalized spacial score (nSPS) is 11.8. The number of nitrogens with two attached hydrogens (primary N) is 1. The molecule has 0 aromatic carbocycles. The van der Waals surface area contributed by atoms with Crippen molar-refractivity contribution in [2.45, 2.75) is 46.1 Å².